The third-order valence-electron chi connectivity index (χ3n) is 2.51. The zero-order valence-electron chi connectivity index (χ0n) is 11.0. The van der Waals surface area contributed by atoms with Crippen LogP contribution in [0.4, 0.5) is 0 Å². The van der Waals surface area contributed by atoms with Crippen LogP contribution in [0.1, 0.15) is 6.92 Å². The molecule has 18 heavy (non-hydrogen) atoms. The fraction of sp³-hybridized carbons (Fsp3) is 0.538. The van der Waals surface area contributed by atoms with Gasteiger partial charge in [-0.15, -0.1) is 0 Å². The van der Waals surface area contributed by atoms with Gasteiger partial charge in [-0.05, 0) is 45.3 Å². The maximum Gasteiger partial charge on any atom is 0.149 e. The Morgan fingerprint density at radius 1 is 1.17 bits per heavy atom. The molecule has 0 aromatic heterocycles. The maximum absolute atomic E-state index is 9.15. The van der Waals surface area contributed by atoms with Crippen LogP contribution in [-0.2, 0) is 0 Å². The second kappa shape index (κ2) is 7.20. The summed E-state index contributed by atoms with van der Waals surface area (Å²) in [5.41, 5.74) is 0. The molecule has 0 spiro atoms. The van der Waals surface area contributed by atoms with E-state index in [1.54, 1.807) is 24.3 Å². The van der Waals surface area contributed by atoms with Gasteiger partial charge < -0.3 is 19.7 Å². The number of rotatable bonds is 7. The summed E-state index contributed by atoms with van der Waals surface area (Å²) < 4.78 is 10.9. The lowest BCUT2D eigenvalue weighted by atomic mass is 10.3. The first-order valence-electron chi connectivity index (χ1n) is 5.87. The van der Waals surface area contributed by atoms with Crippen LogP contribution >= 0.6 is 0 Å². The topological polar surface area (TPSA) is 62.2 Å². The molecule has 0 aliphatic rings. The zero-order valence-corrected chi connectivity index (χ0v) is 11.0. The van der Waals surface area contributed by atoms with Gasteiger partial charge in [0.2, 0.25) is 0 Å². The van der Waals surface area contributed by atoms with E-state index in [1.807, 2.05) is 25.9 Å². The summed E-state index contributed by atoms with van der Waals surface area (Å²) in [5.74, 6) is 1.39. The molecular weight excluding hydrogens is 234 g/mol. The van der Waals surface area contributed by atoms with Crippen molar-refractivity contribution in [3.05, 3.63) is 24.3 Å². The number of hydrogen-bond donors (Lipinski definition) is 2. The van der Waals surface area contributed by atoms with Crippen LogP contribution in [-0.4, -0.2) is 54.8 Å². The number of aliphatic hydroxyl groups is 2. The van der Waals surface area contributed by atoms with Crippen LogP contribution < -0.4 is 9.47 Å². The molecular formula is C13H21NO4. The Morgan fingerprint density at radius 3 is 2.22 bits per heavy atom. The van der Waals surface area contributed by atoms with Gasteiger partial charge in [-0.25, -0.2) is 0 Å². The Morgan fingerprint density at radius 2 is 1.72 bits per heavy atom. The van der Waals surface area contributed by atoms with E-state index in [0.717, 1.165) is 5.75 Å². The molecule has 2 unspecified atom stereocenters. The highest BCUT2D eigenvalue weighted by Gasteiger charge is 2.06. The van der Waals surface area contributed by atoms with Crippen molar-refractivity contribution >= 4 is 0 Å². The standard InChI is InChI=1S/C13H21NO4/c1-10(14(2)3)18-13-6-4-12(5-7-13)17-9-11(16)8-15/h4-7,10-11,15-16H,8-9H2,1-3H3. The first-order chi connectivity index (χ1) is 8.52. The molecule has 0 saturated carbocycles. The highest BCUT2D eigenvalue weighted by molar-refractivity contribution is 5.31. The van der Waals surface area contributed by atoms with Gasteiger partial charge in [-0.3, -0.25) is 4.90 Å². The highest BCUT2D eigenvalue weighted by atomic mass is 16.5. The summed E-state index contributed by atoms with van der Waals surface area (Å²) in [5, 5.41) is 17.8. The van der Waals surface area contributed by atoms with Gasteiger partial charge in [-0.2, -0.15) is 0 Å². The maximum atomic E-state index is 9.15. The molecule has 2 atom stereocenters. The van der Waals surface area contributed by atoms with Crippen LogP contribution in [0, 0.1) is 0 Å². The summed E-state index contributed by atoms with van der Waals surface area (Å²) in [4.78, 5) is 1.96. The zero-order chi connectivity index (χ0) is 13.5. The van der Waals surface area contributed by atoms with E-state index < -0.39 is 6.10 Å². The molecule has 0 heterocycles. The van der Waals surface area contributed by atoms with Crippen molar-refractivity contribution in [3.63, 3.8) is 0 Å². The fourth-order valence-electron chi connectivity index (χ4n) is 1.16. The van der Waals surface area contributed by atoms with Crippen LogP contribution in [0.25, 0.3) is 0 Å². The largest absolute Gasteiger partial charge is 0.491 e. The molecule has 0 fully saturated rings. The van der Waals surface area contributed by atoms with Gasteiger partial charge in [0, 0.05) is 0 Å². The van der Waals surface area contributed by atoms with E-state index in [2.05, 4.69) is 0 Å². The smallest absolute Gasteiger partial charge is 0.149 e. The van der Waals surface area contributed by atoms with Gasteiger partial charge in [0.1, 0.15) is 30.4 Å². The van der Waals surface area contributed by atoms with Gasteiger partial charge in [-0.1, -0.05) is 0 Å². The fourth-order valence-corrected chi connectivity index (χ4v) is 1.16. The average molecular weight is 255 g/mol. The van der Waals surface area contributed by atoms with Gasteiger partial charge >= 0.3 is 0 Å². The van der Waals surface area contributed by atoms with Crippen molar-refractivity contribution in [2.45, 2.75) is 19.3 Å². The molecule has 5 heteroatoms. The Labute approximate surface area is 108 Å². The summed E-state index contributed by atoms with van der Waals surface area (Å²) in [6.07, 6.45) is -0.859. The minimum atomic E-state index is -0.852. The summed E-state index contributed by atoms with van der Waals surface area (Å²) in [6.45, 7) is 1.73. The van der Waals surface area contributed by atoms with Crippen LogP contribution in [0.15, 0.2) is 24.3 Å². The van der Waals surface area contributed by atoms with Crippen molar-refractivity contribution in [1.82, 2.24) is 4.90 Å². The van der Waals surface area contributed by atoms with Gasteiger partial charge in [0.25, 0.3) is 0 Å². The van der Waals surface area contributed by atoms with Crippen molar-refractivity contribution in [1.29, 1.82) is 0 Å². The Kier molecular flexibility index (Phi) is 5.91. The van der Waals surface area contributed by atoms with Crippen molar-refractivity contribution in [2.75, 3.05) is 27.3 Å². The minimum absolute atomic E-state index is 0.00650. The van der Waals surface area contributed by atoms with Crippen LogP contribution in [0.3, 0.4) is 0 Å². The lowest BCUT2D eigenvalue weighted by Crippen LogP contribution is -2.30. The highest BCUT2D eigenvalue weighted by Crippen LogP contribution is 2.19. The molecule has 1 rings (SSSR count). The monoisotopic (exact) mass is 255 g/mol. The molecule has 1 aromatic carbocycles. The second-order valence-corrected chi connectivity index (χ2v) is 4.30. The average Bonchev–Trinajstić information content (AvgIpc) is 2.37. The third kappa shape index (κ3) is 4.91. The van der Waals surface area contributed by atoms with Crippen LogP contribution in [0.5, 0.6) is 11.5 Å². The first-order valence-corrected chi connectivity index (χ1v) is 5.87. The number of aliphatic hydroxyl groups excluding tert-OH is 2. The lowest BCUT2D eigenvalue weighted by molar-refractivity contribution is 0.0534. The molecule has 0 radical (unpaired) electrons. The van der Waals surface area contributed by atoms with E-state index in [4.69, 9.17) is 19.7 Å². The van der Waals surface area contributed by atoms with E-state index in [9.17, 15) is 0 Å². The normalized spacial score (nSPS) is 14.3. The molecule has 0 bridgehead atoms. The minimum Gasteiger partial charge on any atom is -0.491 e. The third-order valence-corrected chi connectivity index (χ3v) is 2.51. The van der Waals surface area contributed by atoms with Crippen molar-refractivity contribution in [3.8, 4) is 11.5 Å². The summed E-state index contributed by atoms with van der Waals surface area (Å²) >= 11 is 0. The van der Waals surface area contributed by atoms with Crippen molar-refractivity contribution in [2.24, 2.45) is 0 Å². The molecule has 0 aliphatic carbocycles. The number of nitrogens with zero attached hydrogens (tertiary/aromatic N) is 1. The van der Waals surface area contributed by atoms with Gasteiger partial charge in [0.05, 0.1) is 6.61 Å². The lowest BCUT2D eigenvalue weighted by Gasteiger charge is -2.21. The number of ether oxygens (including phenoxy) is 2. The molecule has 2 N–H and O–H groups in total. The van der Waals surface area contributed by atoms with E-state index in [1.165, 1.54) is 0 Å². The SMILES string of the molecule is CC(Oc1ccc(OCC(O)CO)cc1)N(C)C. The second-order valence-electron chi connectivity index (χ2n) is 4.30. The molecule has 5 nitrogen and oxygen atoms in total. The van der Waals surface area contributed by atoms with E-state index in [-0.39, 0.29) is 19.4 Å². The molecule has 0 amide bonds. The van der Waals surface area contributed by atoms with E-state index in [0.29, 0.717) is 5.75 Å². The Balaban J connectivity index is 2.47. The molecule has 1 aromatic rings. The molecule has 102 valence electrons. The Hall–Kier alpha value is -1.30. The molecule has 0 aliphatic heterocycles. The number of benzene rings is 1. The summed E-state index contributed by atoms with van der Waals surface area (Å²) in [7, 11) is 3.89. The quantitative estimate of drug-likeness (QED) is 0.702. The van der Waals surface area contributed by atoms with Gasteiger partial charge in [0.15, 0.2) is 0 Å². The predicted molar refractivity (Wildman–Crippen MR) is 68.8 cm³/mol. The predicted octanol–water partition coefficient (Wildman–Crippen LogP) is 0.705. The van der Waals surface area contributed by atoms with E-state index >= 15 is 0 Å². The molecule has 0 saturated heterocycles. The summed E-state index contributed by atoms with van der Waals surface area (Å²) in [6, 6.07) is 7.14. The van der Waals surface area contributed by atoms with Crippen LogP contribution in [0.2, 0.25) is 0 Å². The Bertz CT molecular complexity index is 339. The van der Waals surface area contributed by atoms with Crippen molar-refractivity contribution < 1.29 is 19.7 Å². The number of hydrogen-bond acceptors (Lipinski definition) is 5. The first kappa shape index (κ1) is 14.8.